The van der Waals surface area contributed by atoms with Crippen molar-refractivity contribution in [3.63, 3.8) is 0 Å². The lowest BCUT2D eigenvalue weighted by atomic mass is 10.1. The first-order valence-electron chi connectivity index (χ1n) is 16.7. The molecule has 9 nitrogen and oxygen atoms in total. The molecule has 3 aromatic carbocycles. The van der Waals surface area contributed by atoms with Gasteiger partial charge in [-0.25, -0.2) is 9.98 Å². The predicted octanol–water partition coefficient (Wildman–Crippen LogP) is 7.93. The van der Waals surface area contributed by atoms with Crippen LogP contribution in [0.1, 0.15) is 31.9 Å². The molecule has 2 saturated heterocycles. The summed E-state index contributed by atoms with van der Waals surface area (Å²) < 4.78 is 23.2. The number of hydrogen-bond acceptors (Lipinski definition) is 8. The second kappa shape index (κ2) is 15.0. The van der Waals surface area contributed by atoms with Crippen LogP contribution < -0.4 is 19.3 Å². The summed E-state index contributed by atoms with van der Waals surface area (Å²) in [5.41, 5.74) is 4.12. The third-order valence-corrected chi connectivity index (χ3v) is 10.5. The van der Waals surface area contributed by atoms with E-state index in [1.807, 2.05) is 29.0 Å². The average Bonchev–Trinajstić information content (AvgIpc) is 3.90. The first-order valence-corrected chi connectivity index (χ1v) is 18.3. The lowest BCUT2D eigenvalue weighted by molar-refractivity contribution is -0.189. The first-order chi connectivity index (χ1) is 23.9. The van der Waals surface area contributed by atoms with Crippen LogP contribution in [0.2, 0.25) is 10.0 Å². The minimum Gasteiger partial charge on any atom is -0.491 e. The third-order valence-electron chi connectivity index (χ3n) is 9.19. The van der Waals surface area contributed by atoms with Crippen LogP contribution in [-0.4, -0.2) is 59.6 Å². The molecule has 2 aromatic heterocycles. The quantitative estimate of drug-likeness (QED) is 0.138. The summed E-state index contributed by atoms with van der Waals surface area (Å²) in [6.45, 7) is 9.31. The van der Waals surface area contributed by atoms with E-state index in [1.54, 1.807) is 36.0 Å². The number of aromatic nitrogens is 3. The first kappa shape index (κ1) is 33.7. The van der Waals surface area contributed by atoms with Gasteiger partial charge in [-0.1, -0.05) is 36.2 Å². The van der Waals surface area contributed by atoms with Crippen LogP contribution >= 0.6 is 34.5 Å². The maximum absolute atomic E-state index is 6.61. The van der Waals surface area contributed by atoms with Crippen molar-refractivity contribution in [2.24, 2.45) is 4.99 Å². The van der Waals surface area contributed by atoms with E-state index in [0.717, 1.165) is 54.4 Å². The Morgan fingerprint density at radius 1 is 0.980 bits per heavy atom. The highest BCUT2D eigenvalue weighted by Gasteiger charge is 2.45. The molecule has 2 fully saturated rings. The van der Waals surface area contributed by atoms with E-state index in [2.05, 4.69) is 81.2 Å². The average molecular weight is 720 g/mol. The molecule has 256 valence electrons. The van der Waals surface area contributed by atoms with Crippen LogP contribution in [0, 0.1) is 0 Å². The fraction of sp³-hybridized carbons (Fsp3) is 0.351. The van der Waals surface area contributed by atoms with Crippen LogP contribution in [-0.2, 0) is 21.8 Å². The van der Waals surface area contributed by atoms with Gasteiger partial charge in [0.1, 0.15) is 18.5 Å². The molecular formula is C37H40Cl2N6O3S. The Balaban J connectivity index is 0.923. The zero-order chi connectivity index (χ0) is 33.8. The van der Waals surface area contributed by atoms with Gasteiger partial charge in [-0.2, -0.15) is 0 Å². The fourth-order valence-electron chi connectivity index (χ4n) is 6.29. The molecule has 0 radical (unpaired) electrons. The highest BCUT2D eigenvalue weighted by Crippen LogP contribution is 2.40. The summed E-state index contributed by atoms with van der Waals surface area (Å²) in [4.78, 5) is 15.0. The second-order valence-electron chi connectivity index (χ2n) is 12.4. The van der Waals surface area contributed by atoms with Gasteiger partial charge in [-0.05, 0) is 74.0 Å². The lowest BCUT2D eigenvalue weighted by Crippen LogP contribution is -2.46. The smallest absolute Gasteiger partial charge is 0.215 e. The van der Waals surface area contributed by atoms with E-state index in [-0.39, 0.29) is 6.10 Å². The molecule has 49 heavy (non-hydrogen) atoms. The highest BCUT2D eigenvalue weighted by atomic mass is 35.5. The van der Waals surface area contributed by atoms with Gasteiger partial charge in [0.15, 0.2) is 4.80 Å². The van der Waals surface area contributed by atoms with Crippen LogP contribution in [0.3, 0.4) is 0 Å². The molecule has 2 aliphatic heterocycles. The number of benzene rings is 3. The molecule has 0 bridgehead atoms. The number of rotatable bonds is 11. The molecule has 4 heterocycles. The fourth-order valence-corrected chi connectivity index (χ4v) is 7.67. The van der Waals surface area contributed by atoms with Crippen molar-refractivity contribution >= 4 is 51.6 Å². The molecule has 0 saturated carbocycles. The molecule has 0 amide bonds. The van der Waals surface area contributed by atoms with E-state index < -0.39 is 5.79 Å². The van der Waals surface area contributed by atoms with E-state index in [9.17, 15) is 0 Å². The molecule has 0 aliphatic carbocycles. The van der Waals surface area contributed by atoms with Crippen molar-refractivity contribution in [1.29, 1.82) is 0 Å². The van der Waals surface area contributed by atoms with Crippen LogP contribution in [0.4, 0.5) is 17.1 Å². The molecule has 2 aliphatic rings. The molecule has 7 rings (SSSR count). The summed E-state index contributed by atoms with van der Waals surface area (Å²) in [5, 5.41) is 3.14. The number of ether oxygens (including phenoxy) is 3. The van der Waals surface area contributed by atoms with Gasteiger partial charge in [0.05, 0.1) is 30.2 Å². The maximum atomic E-state index is 6.61. The summed E-state index contributed by atoms with van der Waals surface area (Å²) in [5.74, 6) is -0.300. The summed E-state index contributed by atoms with van der Waals surface area (Å²) >= 11 is 14.5. The third kappa shape index (κ3) is 7.69. The van der Waals surface area contributed by atoms with Crippen molar-refractivity contribution < 1.29 is 14.2 Å². The van der Waals surface area contributed by atoms with Crippen molar-refractivity contribution in [3.8, 4) is 5.75 Å². The Morgan fingerprint density at radius 2 is 1.69 bits per heavy atom. The Kier molecular flexibility index (Phi) is 10.3. The number of thiazole rings is 1. The molecule has 12 heteroatoms. The Morgan fingerprint density at radius 3 is 2.35 bits per heavy atom. The number of piperazine rings is 1. The summed E-state index contributed by atoms with van der Waals surface area (Å²) in [6.07, 6.45) is 8.24. The number of imidazole rings is 1. The van der Waals surface area contributed by atoms with Gasteiger partial charge in [0, 0.05) is 78.2 Å². The molecule has 5 aromatic rings. The van der Waals surface area contributed by atoms with Crippen molar-refractivity contribution in [3.05, 3.63) is 117 Å². The van der Waals surface area contributed by atoms with Crippen molar-refractivity contribution in [1.82, 2.24) is 14.1 Å². The predicted molar refractivity (Wildman–Crippen MR) is 197 cm³/mol. The van der Waals surface area contributed by atoms with E-state index >= 15 is 0 Å². The van der Waals surface area contributed by atoms with Crippen LogP contribution in [0.25, 0.3) is 0 Å². The molecule has 3 unspecified atom stereocenters. The number of halogens is 2. The van der Waals surface area contributed by atoms with E-state index in [4.69, 9.17) is 42.4 Å². The molecule has 0 spiro atoms. The second-order valence-corrected chi connectivity index (χ2v) is 14.1. The number of hydrogen-bond donors (Lipinski definition) is 0. The highest BCUT2D eigenvalue weighted by molar-refractivity contribution is 7.07. The molecular weight excluding hydrogens is 679 g/mol. The summed E-state index contributed by atoms with van der Waals surface area (Å²) in [7, 11) is 0. The largest absolute Gasteiger partial charge is 0.491 e. The van der Waals surface area contributed by atoms with Crippen molar-refractivity contribution in [2.45, 2.75) is 44.7 Å². The normalized spacial score (nSPS) is 20.6. The zero-order valence-corrected chi connectivity index (χ0v) is 29.9. The topological polar surface area (TPSA) is 69.3 Å². The van der Waals surface area contributed by atoms with Gasteiger partial charge in [0.2, 0.25) is 5.79 Å². The van der Waals surface area contributed by atoms with Crippen molar-refractivity contribution in [2.75, 3.05) is 49.2 Å². The molecule has 0 N–H and O–H groups in total. The molecule has 3 atom stereocenters. The number of anilines is 2. The van der Waals surface area contributed by atoms with Gasteiger partial charge < -0.3 is 33.1 Å². The number of nitrogens with zero attached hydrogens (tertiary/aromatic N) is 6. The monoisotopic (exact) mass is 718 g/mol. The minimum absolute atomic E-state index is 0.289. The summed E-state index contributed by atoms with van der Waals surface area (Å²) in [6, 6.07) is 22.7. The maximum Gasteiger partial charge on any atom is 0.215 e. The van der Waals surface area contributed by atoms with E-state index in [0.29, 0.717) is 35.8 Å². The van der Waals surface area contributed by atoms with E-state index in [1.165, 1.54) is 11.4 Å². The van der Waals surface area contributed by atoms with Gasteiger partial charge in [-0.3, -0.25) is 0 Å². The zero-order valence-electron chi connectivity index (χ0n) is 27.6. The Hall–Kier alpha value is -3.80. The van der Waals surface area contributed by atoms with Gasteiger partial charge in [-0.15, -0.1) is 11.3 Å². The van der Waals surface area contributed by atoms with Gasteiger partial charge in [0.25, 0.3) is 0 Å². The Labute approximate surface area is 300 Å². The lowest BCUT2D eigenvalue weighted by Gasteiger charge is -2.37. The SMILES string of the molecule is CCC(C)n1ccs/c1=N\c1ccc(N2CCN(c3ccc(OCC4COC(Cn5ccnc5)(c5ccc(Cl)cc5Cl)O4)cc3)CC2)cc1. The van der Waals surface area contributed by atoms with Crippen LogP contribution in [0.15, 0.2) is 102 Å². The minimum atomic E-state index is -1.08. The van der Waals surface area contributed by atoms with Crippen LogP contribution in [0.5, 0.6) is 5.75 Å². The standard InChI is InChI=1S/C37H40Cl2N6O3S/c1-3-27(2)45-20-21-49-36(45)41-29-5-7-30(8-6-29)43-16-18-44(19-17-43)31-9-11-32(12-10-31)46-23-33-24-47-37(48-33,25-42-15-14-40-26-42)34-13-4-28(38)22-35(34)39/h4-15,20-22,26-27,33H,3,16-19,23-25H2,1-2H3/b41-36-. The van der Waals surface area contributed by atoms with Gasteiger partial charge >= 0.3 is 0 Å². The Bertz CT molecular complexity index is 1890.